The van der Waals surface area contributed by atoms with E-state index in [0.29, 0.717) is 5.95 Å². The minimum atomic E-state index is 0.600. The van der Waals surface area contributed by atoms with E-state index in [1.165, 1.54) is 11.1 Å². The molecule has 0 fully saturated rings. The zero-order chi connectivity index (χ0) is 15.9. The van der Waals surface area contributed by atoms with Crippen molar-refractivity contribution in [2.24, 2.45) is 4.99 Å². The van der Waals surface area contributed by atoms with Gasteiger partial charge in [-0.2, -0.15) is 0 Å². The molecule has 0 bridgehead atoms. The van der Waals surface area contributed by atoms with Crippen LogP contribution in [0.4, 0.5) is 11.6 Å². The molecule has 0 aliphatic rings. The fourth-order valence-corrected chi connectivity index (χ4v) is 2.95. The van der Waals surface area contributed by atoms with Gasteiger partial charge < -0.3 is 5.32 Å². The van der Waals surface area contributed by atoms with E-state index in [9.17, 15) is 0 Å². The molecule has 0 spiro atoms. The van der Waals surface area contributed by atoms with Gasteiger partial charge >= 0.3 is 0 Å². The normalized spacial score (nSPS) is 11.5. The number of aryl methyl sites for hydroxylation is 2. The first kappa shape index (κ1) is 16.5. The molecule has 0 aliphatic heterocycles. The van der Waals surface area contributed by atoms with Crippen LogP contribution in [-0.4, -0.2) is 27.3 Å². The molecule has 116 valence electrons. The third kappa shape index (κ3) is 4.56. The number of benzene rings is 1. The van der Waals surface area contributed by atoms with E-state index < -0.39 is 0 Å². The average Bonchev–Trinajstić information content (AvgIpc) is 2.46. The van der Waals surface area contributed by atoms with E-state index in [2.05, 4.69) is 59.2 Å². The van der Waals surface area contributed by atoms with Crippen molar-refractivity contribution < 1.29 is 0 Å². The number of aromatic nitrogens is 2. The Balaban J connectivity index is 2.26. The molecule has 1 N–H and O–H groups in total. The maximum Gasteiger partial charge on any atom is 0.227 e. The highest BCUT2D eigenvalue weighted by Crippen LogP contribution is 2.18. The second kappa shape index (κ2) is 7.94. The van der Waals surface area contributed by atoms with Gasteiger partial charge in [-0.05, 0) is 55.9 Å². The van der Waals surface area contributed by atoms with Crippen LogP contribution in [0, 0.1) is 13.8 Å². The summed E-state index contributed by atoms with van der Waals surface area (Å²) in [6, 6.07) is 8.23. The standard InChI is InChI=1S/C17H22N4S/c1-5-18-16(22-6-2)15-7-8-19-17(21-15)20-14-10-12(3)9-13(4)11-14/h7-11H,5-6H2,1-4H3,(H,19,20,21). The van der Waals surface area contributed by atoms with Crippen molar-refractivity contribution in [3.63, 3.8) is 0 Å². The predicted molar refractivity (Wildman–Crippen MR) is 96.4 cm³/mol. The van der Waals surface area contributed by atoms with E-state index in [-0.39, 0.29) is 0 Å². The van der Waals surface area contributed by atoms with E-state index in [1.807, 2.05) is 13.0 Å². The molecule has 0 unspecified atom stereocenters. The predicted octanol–water partition coefficient (Wildman–Crippen LogP) is 4.36. The fraction of sp³-hybridized carbons (Fsp3) is 0.353. The lowest BCUT2D eigenvalue weighted by Gasteiger charge is -2.09. The maximum atomic E-state index is 4.59. The molecule has 0 saturated carbocycles. The molecule has 2 rings (SSSR count). The Morgan fingerprint density at radius 3 is 2.55 bits per heavy atom. The van der Waals surface area contributed by atoms with Crippen LogP contribution in [0.15, 0.2) is 35.5 Å². The molecular weight excluding hydrogens is 292 g/mol. The molecule has 0 saturated heterocycles. The Bertz CT molecular complexity index is 647. The molecule has 0 atom stereocenters. The van der Waals surface area contributed by atoms with Gasteiger partial charge in [0.25, 0.3) is 0 Å². The van der Waals surface area contributed by atoms with Gasteiger partial charge in [-0.25, -0.2) is 9.97 Å². The molecule has 1 aromatic carbocycles. The summed E-state index contributed by atoms with van der Waals surface area (Å²) in [4.78, 5) is 13.4. The van der Waals surface area contributed by atoms with Gasteiger partial charge in [0, 0.05) is 18.4 Å². The van der Waals surface area contributed by atoms with Crippen LogP contribution in [0.2, 0.25) is 0 Å². The summed E-state index contributed by atoms with van der Waals surface area (Å²) in [5.74, 6) is 1.57. The summed E-state index contributed by atoms with van der Waals surface area (Å²) in [7, 11) is 0. The van der Waals surface area contributed by atoms with Crippen molar-refractivity contribution in [1.82, 2.24) is 9.97 Å². The van der Waals surface area contributed by atoms with Gasteiger partial charge in [0.05, 0.1) is 0 Å². The zero-order valence-electron chi connectivity index (χ0n) is 13.6. The third-order valence-corrected chi connectivity index (χ3v) is 3.84. The number of nitrogens with one attached hydrogen (secondary N) is 1. The number of rotatable bonds is 5. The van der Waals surface area contributed by atoms with Crippen LogP contribution in [-0.2, 0) is 0 Å². The minimum absolute atomic E-state index is 0.600. The molecule has 1 heterocycles. The number of anilines is 2. The third-order valence-electron chi connectivity index (χ3n) is 2.94. The van der Waals surface area contributed by atoms with Crippen LogP contribution in [0.3, 0.4) is 0 Å². The van der Waals surface area contributed by atoms with Crippen molar-refractivity contribution in [1.29, 1.82) is 0 Å². The lowest BCUT2D eigenvalue weighted by Crippen LogP contribution is -2.05. The highest BCUT2D eigenvalue weighted by molar-refractivity contribution is 8.14. The molecule has 4 nitrogen and oxygen atoms in total. The number of hydrogen-bond acceptors (Lipinski definition) is 5. The second-order valence-electron chi connectivity index (χ2n) is 4.98. The zero-order valence-corrected chi connectivity index (χ0v) is 14.4. The highest BCUT2D eigenvalue weighted by atomic mass is 32.2. The summed E-state index contributed by atoms with van der Waals surface area (Å²) in [6.07, 6.45) is 1.77. The number of hydrogen-bond donors (Lipinski definition) is 1. The lowest BCUT2D eigenvalue weighted by molar-refractivity contribution is 1.11. The highest BCUT2D eigenvalue weighted by Gasteiger charge is 2.07. The lowest BCUT2D eigenvalue weighted by atomic mass is 10.1. The molecular formula is C17H22N4S. The van der Waals surface area contributed by atoms with Crippen LogP contribution >= 0.6 is 11.8 Å². The SMILES string of the molecule is CCN=C(SCC)c1ccnc(Nc2cc(C)cc(C)c2)n1. The van der Waals surface area contributed by atoms with Crippen molar-refractivity contribution in [3.8, 4) is 0 Å². The topological polar surface area (TPSA) is 50.2 Å². The Hall–Kier alpha value is -1.88. The van der Waals surface area contributed by atoms with Crippen molar-refractivity contribution in [2.75, 3.05) is 17.6 Å². The quantitative estimate of drug-likeness (QED) is 0.658. The number of aliphatic imine (C=N–C) groups is 1. The molecule has 0 aliphatic carbocycles. The minimum Gasteiger partial charge on any atom is -0.324 e. The van der Waals surface area contributed by atoms with Crippen LogP contribution in [0.5, 0.6) is 0 Å². The Kier molecular flexibility index (Phi) is 5.95. The van der Waals surface area contributed by atoms with Crippen molar-refractivity contribution in [3.05, 3.63) is 47.3 Å². The largest absolute Gasteiger partial charge is 0.324 e. The Morgan fingerprint density at radius 2 is 1.91 bits per heavy atom. The molecule has 1 aromatic heterocycles. The molecule has 22 heavy (non-hydrogen) atoms. The summed E-state index contributed by atoms with van der Waals surface area (Å²) in [5.41, 5.74) is 4.31. The monoisotopic (exact) mass is 314 g/mol. The van der Waals surface area contributed by atoms with Crippen LogP contribution in [0.1, 0.15) is 30.7 Å². The van der Waals surface area contributed by atoms with E-state index in [4.69, 9.17) is 0 Å². The van der Waals surface area contributed by atoms with E-state index in [1.54, 1.807) is 18.0 Å². The Labute approximate surface area is 136 Å². The van der Waals surface area contributed by atoms with Gasteiger partial charge in [0.2, 0.25) is 5.95 Å². The van der Waals surface area contributed by atoms with E-state index >= 15 is 0 Å². The van der Waals surface area contributed by atoms with Crippen molar-refractivity contribution >= 4 is 28.4 Å². The second-order valence-corrected chi connectivity index (χ2v) is 6.23. The molecule has 0 radical (unpaired) electrons. The summed E-state index contributed by atoms with van der Waals surface area (Å²) in [5, 5.41) is 4.25. The molecule has 0 amide bonds. The summed E-state index contributed by atoms with van der Waals surface area (Å²) < 4.78 is 0. The van der Waals surface area contributed by atoms with Gasteiger partial charge in [0.15, 0.2) is 0 Å². The first-order valence-corrected chi connectivity index (χ1v) is 8.47. The first-order valence-electron chi connectivity index (χ1n) is 7.48. The fourth-order valence-electron chi connectivity index (χ4n) is 2.19. The van der Waals surface area contributed by atoms with Gasteiger partial charge in [-0.15, -0.1) is 11.8 Å². The first-order chi connectivity index (χ1) is 10.6. The summed E-state index contributed by atoms with van der Waals surface area (Å²) in [6.45, 7) is 9.07. The number of thioether (sulfide) groups is 1. The average molecular weight is 314 g/mol. The van der Waals surface area contributed by atoms with E-state index in [0.717, 1.165) is 28.7 Å². The summed E-state index contributed by atoms with van der Waals surface area (Å²) >= 11 is 1.71. The van der Waals surface area contributed by atoms with Gasteiger partial charge in [-0.3, -0.25) is 4.99 Å². The molecule has 2 aromatic rings. The van der Waals surface area contributed by atoms with Crippen LogP contribution < -0.4 is 5.32 Å². The van der Waals surface area contributed by atoms with Crippen LogP contribution in [0.25, 0.3) is 0 Å². The number of nitrogens with zero attached hydrogens (tertiary/aromatic N) is 3. The van der Waals surface area contributed by atoms with Gasteiger partial charge in [0.1, 0.15) is 10.7 Å². The maximum absolute atomic E-state index is 4.59. The smallest absolute Gasteiger partial charge is 0.227 e. The van der Waals surface area contributed by atoms with Gasteiger partial charge in [-0.1, -0.05) is 13.0 Å². The molecule has 5 heteroatoms. The Morgan fingerprint density at radius 1 is 1.18 bits per heavy atom. The van der Waals surface area contributed by atoms with Crippen molar-refractivity contribution in [2.45, 2.75) is 27.7 Å².